The number of benzene rings is 24. The Kier molecular flexibility index (Phi) is 19.2. The van der Waals surface area contributed by atoms with Gasteiger partial charge in [-0.25, -0.2) is 15.0 Å². The largest absolute Gasteiger partial charge is 0.456 e. The molecule has 0 amide bonds. The monoisotopic (exact) mass is 1960 g/mol. The Morgan fingerprint density at radius 2 is 0.453 bits per heavy atom. The zero-order valence-corrected chi connectivity index (χ0v) is 81.5. The van der Waals surface area contributed by atoms with Gasteiger partial charge in [-0.15, -0.1) is 22.7 Å². The van der Waals surface area contributed by atoms with Gasteiger partial charge < -0.3 is 45.6 Å². The Balaban J connectivity index is 0.000000101. The molecule has 0 fully saturated rings. The second kappa shape index (κ2) is 34.0. The highest BCUT2D eigenvalue weighted by Crippen LogP contribution is 2.52. The van der Waals surface area contributed by atoms with Crippen molar-refractivity contribution in [2.24, 2.45) is 0 Å². The van der Waals surface area contributed by atoms with Crippen LogP contribution in [0.25, 0.3) is 260 Å². The van der Waals surface area contributed by atoms with E-state index >= 15 is 0 Å². The molecule has 0 N–H and O–H groups in total. The molecule has 0 aliphatic carbocycles. The number of hydrogen-bond donors (Lipinski definition) is 0. The van der Waals surface area contributed by atoms with Gasteiger partial charge in [0, 0.05) is 174 Å². The van der Waals surface area contributed by atoms with Crippen molar-refractivity contribution in [3.05, 3.63) is 473 Å². The molecule has 33 aromatic rings. The van der Waals surface area contributed by atoms with Crippen LogP contribution in [0.2, 0.25) is 0 Å². The van der Waals surface area contributed by atoms with Crippen LogP contribution in [0.1, 0.15) is 0 Å². The van der Waals surface area contributed by atoms with Gasteiger partial charge in [0.15, 0.2) is 22.3 Å². The Morgan fingerprint density at radius 3 is 0.927 bits per heavy atom. The lowest BCUT2D eigenvalue weighted by molar-refractivity contribution is 0.623. The molecule has 9 aromatic heterocycles. The van der Waals surface area contributed by atoms with Gasteiger partial charge in [0.2, 0.25) is 17.7 Å². The van der Waals surface area contributed by atoms with Gasteiger partial charge in [0.25, 0.3) is 0 Å². The maximum absolute atomic E-state index is 6.63. The number of furan rings is 4. The van der Waals surface area contributed by atoms with E-state index in [4.69, 9.17) is 45.9 Å². The van der Waals surface area contributed by atoms with E-state index in [-0.39, 0.29) is 0 Å². The molecule has 13 nitrogen and oxygen atoms in total. The van der Waals surface area contributed by atoms with Crippen molar-refractivity contribution >= 4 is 300 Å². The van der Waals surface area contributed by atoms with Crippen LogP contribution in [-0.4, -0.2) is 15.0 Å². The first-order chi connectivity index (χ1) is 74.3. The van der Waals surface area contributed by atoms with Gasteiger partial charge in [-0.3, -0.25) is 0 Å². The van der Waals surface area contributed by atoms with Gasteiger partial charge in [-0.1, -0.05) is 255 Å². The molecule has 0 bridgehead atoms. The predicted molar refractivity (Wildman–Crippen MR) is 622 cm³/mol. The molecule has 0 spiro atoms. The zero-order chi connectivity index (χ0) is 98.3. The number of para-hydroxylation sites is 5. The third kappa shape index (κ3) is 13.9. The smallest absolute Gasteiger partial charge is 0.227 e. The van der Waals surface area contributed by atoms with E-state index in [1.807, 2.05) is 186 Å². The summed E-state index contributed by atoms with van der Waals surface area (Å²) in [5.74, 6) is 1.86. The lowest BCUT2D eigenvalue weighted by atomic mass is 10.00. The number of thiophene rings is 2. The minimum Gasteiger partial charge on any atom is -0.456 e. The highest BCUT2D eigenvalue weighted by atomic mass is 32.1. The molecule has 0 saturated heterocycles. The van der Waals surface area contributed by atoms with Crippen LogP contribution in [-0.2, 0) is 0 Å². The number of aromatic nitrogens is 3. The summed E-state index contributed by atoms with van der Waals surface area (Å²) in [5, 5.41) is 27.0. The fourth-order valence-corrected chi connectivity index (χ4v) is 24.8. The molecule has 33 rings (SSSR count). The molecule has 24 aromatic carbocycles. The normalized spacial score (nSPS) is 12.0. The van der Waals surface area contributed by atoms with Crippen LogP contribution < -0.4 is 14.7 Å². The number of nitrogens with zero attached hydrogens (tertiary/aromatic N) is 6. The minimum atomic E-state index is 0.611. The first kappa shape index (κ1) is 84.8. The van der Waals surface area contributed by atoms with Crippen molar-refractivity contribution in [3.63, 3.8) is 0 Å². The molecule has 0 saturated carbocycles. The third-order valence-electron chi connectivity index (χ3n) is 29.6. The van der Waals surface area contributed by atoms with Crippen molar-refractivity contribution in [2.45, 2.75) is 0 Å². The Morgan fingerprint density at radius 1 is 0.160 bits per heavy atom. The van der Waals surface area contributed by atoms with E-state index in [1.165, 1.54) is 40.3 Å². The SMILES string of the molecule is c1ccc(-c2nc3ccc4ccc5ccc(N(c6ccc7c(c6)oc6ccccc67)c6ccc7c(c6)oc6ccccc67)cc5c4c3o2)cc1.c1ccc(-c2nc3ccc4ccc5ccc(N(c6ccc7c(c6)sc6ccccc67)c6ccc7sc8ccccc8c7c6)cc5c4c3o2)cc1.c1ccc(-c2nc3ccc4ccc5ccc(N(c6ccc7oc8ccccc8c7c6)c6cccc7c6oc6ccccc67)cc5c4c3o2)cc1. The van der Waals surface area contributed by atoms with E-state index < -0.39 is 0 Å². The van der Waals surface area contributed by atoms with Crippen molar-refractivity contribution in [1.82, 2.24) is 15.0 Å². The van der Waals surface area contributed by atoms with Crippen LogP contribution in [0.4, 0.5) is 51.2 Å². The number of hydrogen-bond acceptors (Lipinski definition) is 15. The zero-order valence-electron chi connectivity index (χ0n) is 79.9. The summed E-state index contributed by atoms with van der Waals surface area (Å²) in [6.45, 7) is 0. The first-order valence-electron chi connectivity index (χ1n) is 50.1. The summed E-state index contributed by atoms with van der Waals surface area (Å²) in [7, 11) is 0. The Hall–Kier alpha value is -19.7. The molecule has 150 heavy (non-hydrogen) atoms. The molecule has 0 unspecified atom stereocenters. The van der Waals surface area contributed by atoms with E-state index in [0.29, 0.717) is 17.7 Å². The number of rotatable bonds is 12. The maximum Gasteiger partial charge on any atom is 0.227 e. The molecular formula is C135H78N6O7S2. The van der Waals surface area contributed by atoms with Crippen molar-refractivity contribution in [2.75, 3.05) is 14.7 Å². The van der Waals surface area contributed by atoms with Crippen LogP contribution in [0, 0.1) is 0 Å². The molecule has 9 heterocycles. The summed E-state index contributed by atoms with van der Waals surface area (Å²) >= 11 is 3.70. The highest BCUT2D eigenvalue weighted by Gasteiger charge is 2.28. The average molecular weight is 1960 g/mol. The Bertz CT molecular complexity index is 11200. The second-order valence-electron chi connectivity index (χ2n) is 38.3. The molecule has 0 aliphatic rings. The third-order valence-corrected chi connectivity index (χ3v) is 31.9. The van der Waals surface area contributed by atoms with Crippen molar-refractivity contribution in [3.8, 4) is 34.4 Å². The molecule has 15 heteroatoms. The summed E-state index contributed by atoms with van der Waals surface area (Å²) in [4.78, 5) is 21.7. The first-order valence-corrected chi connectivity index (χ1v) is 51.7. The fourth-order valence-electron chi connectivity index (χ4n) is 22.6. The van der Waals surface area contributed by atoms with Crippen LogP contribution in [0.3, 0.4) is 0 Å². The van der Waals surface area contributed by atoms with Gasteiger partial charge in [-0.05, 0) is 255 Å². The van der Waals surface area contributed by atoms with E-state index in [0.717, 1.165) is 254 Å². The molecule has 702 valence electrons. The number of anilines is 9. The average Bonchev–Trinajstić information content (AvgIpc) is 1.67. The van der Waals surface area contributed by atoms with Crippen LogP contribution in [0.15, 0.2) is 504 Å². The molecule has 0 aliphatic heterocycles. The van der Waals surface area contributed by atoms with E-state index in [2.05, 4.69) is 324 Å². The molecule has 0 atom stereocenters. The topological polar surface area (TPSA) is 140 Å². The lowest BCUT2D eigenvalue weighted by Gasteiger charge is -2.26. The van der Waals surface area contributed by atoms with Crippen molar-refractivity contribution < 1.29 is 30.9 Å². The highest BCUT2D eigenvalue weighted by molar-refractivity contribution is 7.26. The van der Waals surface area contributed by atoms with Crippen molar-refractivity contribution in [1.29, 1.82) is 0 Å². The van der Waals surface area contributed by atoms with Crippen LogP contribution in [0.5, 0.6) is 0 Å². The maximum atomic E-state index is 6.63. The number of fused-ring (bicyclic) bond motifs is 33. The summed E-state index contributed by atoms with van der Waals surface area (Å²) in [6.07, 6.45) is 0. The number of oxazole rings is 3. The predicted octanol–water partition coefficient (Wildman–Crippen LogP) is 40.1. The summed E-state index contributed by atoms with van der Waals surface area (Å²) < 4.78 is 50.5. The standard InChI is InChI=1S/2C45H26N2O3.C45H26N2OS2/c1-2-9-29(10-3-1)45-46-37-23-20-28-18-17-27-19-21-30(25-35(27)42(28)44(37)50-45)47(31-22-24-41-36(26-31)33-12-5-6-15-39(33)48-41)38-14-8-13-34-32-11-4-7-16-40(32)49-43(34)38;1-2-8-29(9-3-1)45-46-38-23-17-28-15-14-27-16-18-30(24-37(27)43(28)44(38)50-45)47(31-19-21-35-33-10-4-6-12-39(33)48-41(35)25-31)32-20-22-36-34-11-5-7-13-40(34)49-42(36)26-32;1-2-8-29(9-3-1)45-46-38-22-17-28-15-14-27-16-18-30(24-36(27)43(28)44(38)48-45)47(31-20-23-41-37(25-31)34-11-5-7-13-40(34)49-41)32-19-21-35-33-10-4-6-12-39(33)50-42(35)26-32/h3*1-26H. The molecular weight excluding hydrogens is 1880 g/mol. The fraction of sp³-hybridized carbons (Fsp3) is 0. The second-order valence-corrected chi connectivity index (χ2v) is 40.4. The quantitative estimate of drug-likeness (QED) is 0.107. The van der Waals surface area contributed by atoms with E-state index in [1.54, 1.807) is 0 Å². The van der Waals surface area contributed by atoms with Gasteiger partial charge >= 0.3 is 0 Å². The van der Waals surface area contributed by atoms with E-state index in [9.17, 15) is 0 Å². The van der Waals surface area contributed by atoms with Crippen LogP contribution >= 0.6 is 22.7 Å². The minimum absolute atomic E-state index is 0.611. The van der Waals surface area contributed by atoms with Gasteiger partial charge in [0.1, 0.15) is 55.6 Å². The van der Waals surface area contributed by atoms with Gasteiger partial charge in [-0.2, -0.15) is 0 Å². The van der Waals surface area contributed by atoms with Gasteiger partial charge in [0.05, 0.1) is 5.69 Å². The lowest BCUT2D eigenvalue weighted by Crippen LogP contribution is -2.10. The summed E-state index contributed by atoms with van der Waals surface area (Å²) in [6, 6.07) is 166. The summed E-state index contributed by atoms with van der Waals surface area (Å²) in [5.41, 5.74) is 23.8. The Labute approximate surface area is 861 Å². The molecule has 0 radical (unpaired) electrons.